The average Bonchev–Trinajstić information content (AvgIpc) is 2.58. The first-order valence-electron chi connectivity index (χ1n) is 5.64. The van der Waals surface area contributed by atoms with Crippen molar-refractivity contribution in [1.29, 1.82) is 0 Å². The van der Waals surface area contributed by atoms with E-state index in [1.807, 2.05) is 13.2 Å². The molecule has 0 radical (unpaired) electrons. The lowest BCUT2D eigenvalue weighted by molar-refractivity contribution is 0.285. The molecule has 1 heterocycles. The summed E-state index contributed by atoms with van der Waals surface area (Å²) in [6.45, 7) is 2.31. The van der Waals surface area contributed by atoms with Crippen molar-refractivity contribution in [2.75, 3.05) is 0 Å². The predicted molar refractivity (Wildman–Crippen MR) is 60.9 cm³/mol. The largest absolute Gasteiger partial charge is 0.255 e. The Kier molecular flexibility index (Phi) is 3.29. The number of nitrogens with zero attached hydrogens (tertiary/aromatic N) is 3. The van der Waals surface area contributed by atoms with Gasteiger partial charge in [0.05, 0.1) is 5.69 Å². The van der Waals surface area contributed by atoms with Crippen LogP contribution in [0.15, 0.2) is 6.20 Å². The molecule has 2 rings (SSSR count). The van der Waals surface area contributed by atoms with Crippen molar-refractivity contribution in [3.63, 3.8) is 0 Å². The van der Waals surface area contributed by atoms with E-state index in [4.69, 9.17) is 11.6 Å². The van der Waals surface area contributed by atoms with Gasteiger partial charge in [0.25, 0.3) is 0 Å². The van der Waals surface area contributed by atoms with E-state index in [-0.39, 0.29) is 0 Å². The SMILES string of the molecule is CC1CCC(Cl)C(Cc2cn(C)nn2)C1. The second kappa shape index (κ2) is 4.52. The van der Waals surface area contributed by atoms with E-state index < -0.39 is 0 Å². The molecule has 1 saturated carbocycles. The van der Waals surface area contributed by atoms with Gasteiger partial charge in [-0.1, -0.05) is 12.1 Å². The fourth-order valence-corrected chi connectivity index (χ4v) is 2.75. The molecule has 1 aliphatic rings. The van der Waals surface area contributed by atoms with Crippen LogP contribution < -0.4 is 0 Å². The number of alkyl halides is 1. The molecule has 3 unspecified atom stereocenters. The minimum Gasteiger partial charge on any atom is -0.255 e. The van der Waals surface area contributed by atoms with Crippen LogP contribution in [0.25, 0.3) is 0 Å². The molecular formula is C11H18ClN3. The highest BCUT2D eigenvalue weighted by Gasteiger charge is 2.27. The van der Waals surface area contributed by atoms with Gasteiger partial charge in [-0.3, -0.25) is 4.68 Å². The van der Waals surface area contributed by atoms with Crippen molar-refractivity contribution in [1.82, 2.24) is 15.0 Å². The van der Waals surface area contributed by atoms with Crippen molar-refractivity contribution in [2.45, 2.75) is 38.0 Å². The second-order valence-electron chi connectivity index (χ2n) is 4.78. The summed E-state index contributed by atoms with van der Waals surface area (Å²) in [7, 11) is 1.90. The van der Waals surface area contributed by atoms with Gasteiger partial charge in [-0.25, -0.2) is 0 Å². The molecule has 0 bridgehead atoms. The number of hydrogen-bond acceptors (Lipinski definition) is 2. The van der Waals surface area contributed by atoms with Crippen molar-refractivity contribution < 1.29 is 0 Å². The molecular weight excluding hydrogens is 210 g/mol. The Bertz CT molecular complexity index is 323. The highest BCUT2D eigenvalue weighted by Crippen LogP contribution is 2.34. The first-order valence-corrected chi connectivity index (χ1v) is 6.08. The average molecular weight is 228 g/mol. The van der Waals surface area contributed by atoms with E-state index >= 15 is 0 Å². The maximum Gasteiger partial charge on any atom is 0.0830 e. The molecule has 1 fully saturated rings. The molecule has 0 aromatic carbocycles. The lowest BCUT2D eigenvalue weighted by Gasteiger charge is -2.30. The van der Waals surface area contributed by atoms with Crippen molar-refractivity contribution >= 4 is 11.6 Å². The van der Waals surface area contributed by atoms with Gasteiger partial charge in [0.2, 0.25) is 0 Å². The number of aryl methyl sites for hydroxylation is 1. The van der Waals surface area contributed by atoms with Crippen LogP contribution in [0.1, 0.15) is 31.9 Å². The molecule has 0 N–H and O–H groups in total. The molecule has 0 aliphatic heterocycles. The molecule has 1 aromatic rings. The summed E-state index contributed by atoms with van der Waals surface area (Å²) in [6, 6.07) is 0. The number of halogens is 1. The van der Waals surface area contributed by atoms with Crippen LogP contribution in [0.3, 0.4) is 0 Å². The quantitative estimate of drug-likeness (QED) is 0.727. The molecule has 4 heteroatoms. The summed E-state index contributed by atoms with van der Waals surface area (Å²) in [5.74, 6) is 1.38. The van der Waals surface area contributed by atoms with E-state index in [1.54, 1.807) is 4.68 Å². The van der Waals surface area contributed by atoms with Crippen LogP contribution in [0.5, 0.6) is 0 Å². The van der Waals surface area contributed by atoms with Crippen molar-refractivity contribution in [3.8, 4) is 0 Å². The van der Waals surface area contributed by atoms with Gasteiger partial charge in [0.1, 0.15) is 0 Å². The first kappa shape index (κ1) is 10.9. The molecule has 3 atom stereocenters. The number of aromatic nitrogens is 3. The highest BCUT2D eigenvalue weighted by molar-refractivity contribution is 6.20. The van der Waals surface area contributed by atoms with E-state index in [9.17, 15) is 0 Å². The Morgan fingerprint density at radius 2 is 2.33 bits per heavy atom. The van der Waals surface area contributed by atoms with Gasteiger partial charge in [0.15, 0.2) is 0 Å². The lowest BCUT2D eigenvalue weighted by atomic mass is 9.80. The molecule has 1 aliphatic carbocycles. The summed E-state index contributed by atoms with van der Waals surface area (Å²) < 4.78 is 1.75. The summed E-state index contributed by atoms with van der Waals surface area (Å²) in [5, 5.41) is 8.40. The molecule has 0 saturated heterocycles. The molecule has 0 spiro atoms. The van der Waals surface area contributed by atoms with Gasteiger partial charge >= 0.3 is 0 Å². The summed E-state index contributed by atoms with van der Waals surface area (Å²) >= 11 is 6.35. The second-order valence-corrected chi connectivity index (χ2v) is 5.34. The fourth-order valence-electron chi connectivity index (χ4n) is 2.43. The molecule has 0 amide bonds. The van der Waals surface area contributed by atoms with E-state index in [2.05, 4.69) is 17.2 Å². The normalized spacial score (nSPS) is 31.8. The fraction of sp³-hybridized carbons (Fsp3) is 0.818. The van der Waals surface area contributed by atoms with Crippen LogP contribution in [0, 0.1) is 11.8 Å². The van der Waals surface area contributed by atoms with Crippen LogP contribution in [0.4, 0.5) is 0 Å². The summed E-state index contributed by atoms with van der Waals surface area (Å²) in [6.07, 6.45) is 6.61. The van der Waals surface area contributed by atoms with Crippen LogP contribution in [-0.4, -0.2) is 20.4 Å². The number of hydrogen-bond donors (Lipinski definition) is 0. The summed E-state index contributed by atoms with van der Waals surface area (Å²) in [4.78, 5) is 0. The maximum atomic E-state index is 6.35. The van der Waals surface area contributed by atoms with Gasteiger partial charge in [-0.15, -0.1) is 16.7 Å². The van der Waals surface area contributed by atoms with E-state index in [0.29, 0.717) is 11.3 Å². The Balaban J connectivity index is 1.98. The zero-order valence-electron chi connectivity index (χ0n) is 9.36. The molecule has 15 heavy (non-hydrogen) atoms. The zero-order chi connectivity index (χ0) is 10.8. The minimum atomic E-state index is 0.322. The third kappa shape index (κ3) is 2.71. The standard InChI is InChI=1S/C11H18ClN3/c1-8-3-4-11(12)9(5-8)6-10-7-15(2)14-13-10/h7-9,11H,3-6H2,1-2H3. The van der Waals surface area contributed by atoms with E-state index in [0.717, 1.165) is 24.5 Å². The Labute approximate surface area is 95.8 Å². The van der Waals surface area contributed by atoms with Gasteiger partial charge < -0.3 is 0 Å². The van der Waals surface area contributed by atoms with Gasteiger partial charge in [-0.2, -0.15) is 0 Å². The smallest absolute Gasteiger partial charge is 0.0830 e. The molecule has 1 aromatic heterocycles. The minimum absolute atomic E-state index is 0.322. The lowest BCUT2D eigenvalue weighted by Crippen LogP contribution is -2.26. The Morgan fingerprint density at radius 1 is 1.53 bits per heavy atom. The topological polar surface area (TPSA) is 30.7 Å². The van der Waals surface area contributed by atoms with E-state index in [1.165, 1.54) is 12.8 Å². The van der Waals surface area contributed by atoms with Crippen LogP contribution >= 0.6 is 11.6 Å². The van der Waals surface area contributed by atoms with Crippen LogP contribution in [-0.2, 0) is 13.5 Å². The Hall–Kier alpha value is -0.570. The molecule has 84 valence electrons. The number of rotatable bonds is 2. The first-order chi connectivity index (χ1) is 7.15. The van der Waals surface area contributed by atoms with Crippen molar-refractivity contribution in [3.05, 3.63) is 11.9 Å². The third-order valence-corrected chi connectivity index (χ3v) is 3.85. The van der Waals surface area contributed by atoms with Gasteiger partial charge in [-0.05, 0) is 37.5 Å². The summed E-state index contributed by atoms with van der Waals surface area (Å²) in [5.41, 5.74) is 1.07. The third-order valence-electron chi connectivity index (χ3n) is 3.27. The molecule has 3 nitrogen and oxygen atoms in total. The zero-order valence-corrected chi connectivity index (χ0v) is 10.1. The monoisotopic (exact) mass is 227 g/mol. The Morgan fingerprint density at radius 3 is 3.00 bits per heavy atom. The van der Waals surface area contributed by atoms with Crippen LogP contribution in [0.2, 0.25) is 0 Å². The van der Waals surface area contributed by atoms with Crippen molar-refractivity contribution in [2.24, 2.45) is 18.9 Å². The maximum absolute atomic E-state index is 6.35. The van der Waals surface area contributed by atoms with Gasteiger partial charge in [0, 0.05) is 18.6 Å². The predicted octanol–water partition coefficient (Wildman–Crippen LogP) is 2.40. The highest BCUT2D eigenvalue weighted by atomic mass is 35.5.